The Balaban J connectivity index is 1.25. The van der Waals surface area contributed by atoms with Gasteiger partial charge >= 0.3 is 0 Å². The van der Waals surface area contributed by atoms with E-state index < -0.39 is 0 Å². The van der Waals surface area contributed by atoms with E-state index in [-0.39, 0.29) is 0 Å². The molecule has 0 atom stereocenters. The number of hydrogen-bond donors (Lipinski definition) is 0. The maximum atomic E-state index is 3.89. The number of anilines is 6. The Morgan fingerprint density at radius 3 is 1.51 bits per heavy atom. The number of hydrogen-bond acceptors (Lipinski definition) is 2. The first-order valence-corrected chi connectivity index (χ1v) is 16.0. The molecule has 0 spiro atoms. The SMILES string of the molecule is C=C/C=C\c1c(C)cccc1N(c1ccccc1)c1ccc(-c2ccc(N(c3ccccc3)c3cccc4ccccc34)cc2)cc1. The van der Waals surface area contributed by atoms with Crippen LogP contribution >= 0.6 is 0 Å². The third-order valence-electron chi connectivity index (χ3n) is 8.56. The van der Waals surface area contributed by atoms with E-state index in [9.17, 15) is 0 Å². The van der Waals surface area contributed by atoms with Crippen molar-refractivity contribution in [1.29, 1.82) is 0 Å². The van der Waals surface area contributed by atoms with Gasteiger partial charge in [-0.2, -0.15) is 0 Å². The lowest BCUT2D eigenvalue weighted by Gasteiger charge is -2.28. The molecule has 0 fully saturated rings. The Morgan fingerprint density at radius 1 is 0.447 bits per heavy atom. The highest BCUT2D eigenvalue weighted by Crippen LogP contribution is 2.41. The van der Waals surface area contributed by atoms with Crippen molar-refractivity contribution >= 4 is 51.0 Å². The molecule has 0 bridgehead atoms. The molecule has 0 unspecified atom stereocenters. The monoisotopic (exact) mass is 604 g/mol. The summed E-state index contributed by atoms with van der Waals surface area (Å²) in [6.45, 7) is 6.04. The molecule has 0 aliphatic heterocycles. The van der Waals surface area contributed by atoms with E-state index >= 15 is 0 Å². The van der Waals surface area contributed by atoms with Gasteiger partial charge in [-0.05, 0) is 89.7 Å². The molecule has 226 valence electrons. The van der Waals surface area contributed by atoms with Crippen molar-refractivity contribution in [3.8, 4) is 11.1 Å². The second-order valence-corrected chi connectivity index (χ2v) is 11.5. The van der Waals surface area contributed by atoms with Crippen LogP contribution in [-0.2, 0) is 0 Å². The first-order chi connectivity index (χ1) is 23.2. The van der Waals surface area contributed by atoms with Gasteiger partial charge < -0.3 is 9.80 Å². The summed E-state index contributed by atoms with van der Waals surface area (Å²) in [5.41, 5.74) is 11.5. The van der Waals surface area contributed by atoms with Crippen molar-refractivity contribution in [2.24, 2.45) is 0 Å². The zero-order valence-electron chi connectivity index (χ0n) is 26.5. The fourth-order valence-electron chi connectivity index (χ4n) is 6.26. The molecule has 0 heterocycles. The van der Waals surface area contributed by atoms with Crippen molar-refractivity contribution in [3.05, 3.63) is 200 Å². The molecule has 0 aliphatic rings. The predicted molar refractivity (Wildman–Crippen MR) is 203 cm³/mol. The number of benzene rings is 7. The molecule has 0 aromatic heterocycles. The molecule has 0 amide bonds. The summed E-state index contributed by atoms with van der Waals surface area (Å²) in [6, 6.07) is 60.4. The average Bonchev–Trinajstić information content (AvgIpc) is 3.13. The average molecular weight is 605 g/mol. The third-order valence-corrected chi connectivity index (χ3v) is 8.56. The molecule has 0 radical (unpaired) electrons. The molecule has 0 saturated carbocycles. The molecule has 7 aromatic carbocycles. The maximum Gasteiger partial charge on any atom is 0.0540 e. The second kappa shape index (κ2) is 13.5. The summed E-state index contributed by atoms with van der Waals surface area (Å²) in [5.74, 6) is 0. The molecular formula is C45H36N2. The van der Waals surface area contributed by atoms with Crippen LogP contribution in [0.4, 0.5) is 34.1 Å². The molecule has 2 heteroatoms. The number of aryl methyl sites for hydroxylation is 1. The Hall–Kier alpha value is -6.12. The standard InChI is InChI=1S/C45H36N2/c1-3-4-22-42-34(2)15-13-24-44(42)46(38-18-7-5-8-19-38)40-30-26-35(27-31-40)36-28-32-41(33-29-36)47(39-20-9-6-10-21-39)45-25-14-17-37-16-11-12-23-43(37)45/h3-33H,1H2,2H3/b22-4-. The van der Waals surface area contributed by atoms with E-state index in [1.807, 2.05) is 12.2 Å². The molecule has 47 heavy (non-hydrogen) atoms. The van der Waals surface area contributed by atoms with E-state index in [1.54, 1.807) is 0 Å². The minimum absolute atomic E-state index is 1.10. The van der Waals surface area contributed by atoms with Crippen LogP contribution < -0.4 is 9.80 Å². The minimum Gasteiger partial charge on any atom is -0.310 e. The van der Waals surface area contributed by atoms with Crippen LogP contribution in [0.15, 0.2) is 189 Å². The molecule has 2 nitrogen and oxygen atoms in total. The van der Waals surface area contributed by atoms with Crippen LogP contribution in [0.25, 0.3) is 28.0 Å². The lowest BCUT2D eigenvalue weighted by molar-refractivity contribution is 1.26. The van der Waals surface area contributed by atoms with Crippen molar-refractivity contribution in [2.45, 2.75) is 6.92 Å². The first-order valence-electron chi connectivity index (χ1n) is 16.0. The van der Waals surface area contributed by atoms with E-state index in [2.05, 4.69) is 199 Å². The van der Waals surface area contributed by atoms with Crippen molar-refractivity contribution in [2.75, 3.05) is 9.80 Å². The lowest BCUT2D eigenvalue weighted by Crippen LogP contribution is -2.11. The summed E-state index contributed by atoms with van der Waals surface area (Å²) in [7, 11) is 0. The van der Waals surface area contributed by atoms with Gasteiger partial charge in [0.1, 0.15) is 0 Å². The predicted octanol–water partition coefficient (Wildman–Crippen LogP) is 13.0. The molecule has 0 N–H and O–H groups in total. The highest BCUT2D eigenvalue weighted by molar-refractivity contribution is 5.99. The number of nitrogens with zero attached hydrogens (tertiary/aromatic N) is 2. The van der Waals surface area contributed by atoms with Crippen LogP contribution in [0.2, 0.25) is 0 Å². The van der Waals surface area contributed by atoms with Crippen LogP contribution in [0.3, 0.4) is 0 Å². The van der Waals surface area contributed by atoms with Crippen LogP contribution in [0.5, 0.6) is 0 Å². The zero-order chi connectivity index (χ0) is 32.0. The summed E-state index contributed by atoms with van der Waals surface area (Å²) in [6.07, 6.45) is 5.96. The van der Waals surface area contributed by atoms with E-state index in [4.69, 9.17) is 0 Å². The number of allylic oxidation sites excluding steroid dienone is 2. The van der Waals surface area contributed by atoms with Gasteiger partial charge in [-0.15, -0.1) is 0 Å². The largest absolute Gasteiger partial charge is 0.310 e. The highest BCUT2D eigenvalue weighted by atomic mass is 15.1. The highest BCUT2D eigenvalue weighted by Gasteiger charge is 2.17. The molecule has 7 rings (SSSR count). The topological polar surface area (TPSA) is 6.48 Å². The number of para-hydroxylation sites is 2. The van der Waals surface area contributed by atoms with Gasteiger partial charge in [0.15, 0.2) is 0 Å². The second-order valence-electron chi connectivity index (χ2n) is 11.5. The van der Waals surface area contributed by atoms with Crippen LogP contribution in [0, 0.1) is 6.92 Å². The van der Waals surface area contributed by atoms with Crippen molar-refractivity contribution < 1.29 is 0 Å². The van der Waals surface area contributed by atoms with Gasteiger partial charge in [0.05, 0.1) is 11.4 Å². The summed E-state index contributed by atoms with van der Waals surface area (Å²) in [4.78, 5) is 4.66. The minimum atomic E-state index is 1.10. The van der Waals surface area contributed by atoms with Gasteiger partial charge in [-0.1, -0.05) is 134 Å². The molecular weight excluding hydrogens is 569 g/mol. The van der Waals surface area contributed by atoms with Crippen LogP contribution in [0.1, 0.15) is 11.1 Å². The smallest absolute Gasteiger partial charge is 0.0540 e. The van der Waals surface area contributed by atoms with Crippen molar-refractivity contribution in [1.82, 2.24) is 0 Å². The van der Waals surface area contributed by atoms with Gasteiger partial charge in [0.25, 0.3) is 0 Å². The van der Waals surface area contributed by atoms with E-state index in [0.717, 1.165) is 34.1 Å². The Morgan fingerprint density at radius 2 is 0.915 bits per heavy atom. The van der Waals surface area contributed by atoms with Gasteiger partial charge in [-0.25, -0.2) is 0 Å². The fourth-order valence-corrected chi connectivity index (χ4v) is 6.26. The zero-order valence-corrected chi connectivity index (χ0v) is 26.5. The van der Waals surface area contributed by atoms with Crippen molar-refractivity contribution in [3.63, 3.8) is 0 Å². The Labute approximate surface area is 277 Å². The normalized spacial score (nSPS) is 11.1. The molecule has 7 aromatic rings. The number of rotatable bonds is 9. The summed E-state index contributed by atoms with van der Waals surface area (Å²) < 4.78 is 0. The lowest BCUT2D eigenvalue weighted by atomic mass is 10.0. The molecule has 0 aliphatic carbocycles. The van der Waals surface area contributed by atoms with Gasteiger partial charge in [0, 0.05) is 33.7 Å². The maximum absolute atomic E-state index is 3.89. The summed E-state index contributed by atoms with van der Waals surface area (Å²) >= 11 is 0. The van der Waals surface area contributed by atoms with Gasteiger partial charge in [-0.3, -0.25) is 0 Å². The quantitative estimate of drug-likeness (QED) is 0.151. The first kappa shape index (κ1) is 29.6. The Bertz CT molecular complexity index is 2140. The van der Waals surface area contributed by atoms with E-state index in [0.29, 0.717) is 0 Å². The third kappa shape index (κ3) is 6.10. The summed E-state index contributed by atoms with van der Waals surface area (Å²) in [5, 5.41) is 2.44. The molecule has 0 saturated heterocycles. The van der Waals surface area contributed by atoms with Gasteiger partial charge in [0.2, 0.25) is 0 Å². The fraction of sp³-hybridized carbons (Fsp3) is 0.0222. The number of fused-ring (bicyclic) bond motifs is 1. The van der Waals surface area contributed by atoms with E-state index in [1.165, 1.54) is 33.0 Å². The Kier molecular flexibility index (Phi) is 8.48. The van der Waals surface area contributed by atoms with Crippen LogP contribution in [-0.4, -0.2) is 0 Å².